The molecule has 2 aliphatic heterocycles. The minimum atomic E-state index is -0.815. The van der Waals surface area contributed by atoms with Gasteiger partial charge in [-0.15, -0.1) is 0 Å². The van der Waals surface area contributed by atoms with Crippen LogP contribution in [-0.4, -0.2) is 40.7 Å². The predicted octanol–water partition coefficient (Wildman–Crippen LogP) is 3.30. The van der Waals surface area contributed by atoms with Crippen LogP contribution in [0.2, 0.25) is 5.02 Å². The molecule has 2 aromatic rings. The van der Waals surface area contributed by atoms with Gasteiger partial charge in [-0.25, -0.2) is 4.79 Å². The SMILES string of the molecule is C=C1CCC(N2C(=O)CC(Nc3cccc(CNC(=O)Nc4ccc(C)c(Cl)c4)c3)C2=O)C(=O)N1. The topological polar surface area (TPSA) is 120 Å². The van der Waals surface area contributed by atoms with Crippen LogP contribution in [0.15, 0.2) is 54.7 Å². The van der Waals surface area contributed by atoms with Gasteiger partial charge in [-0.1, -0.05) is 36.4 Å². The van der Waals surface area contributed by atoms with Crippen LogP contribution in [0, 0.1) is 6.92 Å². The maximum Gasteiger partial charge on any atom is 0.319 e. The quantitative estimate of drug-likeness (QED) is 0.458. The van der Waals surface area contributed by atoms with Crippen LogP contribution in [-0.2, 0) is 20.9 Å². The molecule has 2 unspecified atom stereocenters. The van der Waals surface area contributed by atoms with Crippen molar-refractivity contribution in [3.05, 3.63) is 70.9 Å². The van der Waals surface area contributed by atoms with Gasteiger partial charge in [0.05, 0.1) is 6.42 Å². The van der Waals surface area contributed by atoms with E-state index in [0.29, 0.717) is 34.9 Å². The fraction of sp³-hybridized carbons (Fsp3) is 0.280. The molecule has 0 aliphatic carbocycles. The minimum Gasteiger partial charge on any atom is -0.373 e. The van der Waals surface area contributed by atoms with Crippen LogP contribution >= 0.6 is 11.6 Å². The van der Waals surface area contributed by atoms with E-state index in [2.05, 4.69) is 27.8 Å². The number of amides is 5. The van der Waals surface area contributed by atoms with Crippen molar-refractivity contribution in [2.24, 2.45) is 0 Å². The number of nitrogens with zero attached hydrogens (tertiary/aromatic N) is 1. The van der Waals surface area contributed by atoms with E-state index in [-0.39, 0.29) is 30.8 Å². The third kappa shape index (κ3) is 5.63. The minimum absolute atomic E-state index is 0.0342. The lowest BCUT2D eigenvalue weighted by molar-refractivity contribution is -0.147. The fourth-order valence-corrected chi connectivity index (χ4v) is 4.28. The van der Waals surface area contributed by atoms with Crippen LogP contribution in [0.1, 0.15) is 30.4 Å². The summed E-state index contributed by atoms with van der Waals surface area (Å²) in [5, 5.41) is 11.8. The van der Waals surface area contributed by atoms with Gasteiger partial charge < -0.3 is 21.3 Å². The highest BCUT2D eigenvalue weighted by molar-refractivity contribution is 6.31. The average Bonchev–Trinajstić information content (AvgIpc) is 3.08. The molecule has 2 fully saturated rings. The fourth-order valence-electron chi connectivity index (χ4n) is 4.10. The molecule has 2 atom stereocenters. The van der Waals surface area contributed by atoms with Crippen molar-refractivity contribution < 1.29 is 19.2 Å². The molecular weight excluding hydrogens is 470 g/mol. The summed E-state index contributed by atoms with van der Waals surface area (Å²) >= 11 is 6.09. The Morgan fingerprint density at radius 3 is 2.71 bits per heavy atom. The number of hydrogen-bond donors (Lipinski definition) is 4. The molecule has 0 bridgehead atoms. The Hall–Kier alpha value is -3.85. The maximum absolute atomic E-state index is 12.9. The normalized spacial score (nSPS) is 20.0. The van der Waals surface area contributed by atoms with Crippen molar-refractivity contribution in [1.29, 1.82) is 0 Å². The van der Waals surface area contributed by atoms with E-state index in [4.69, 9.17) is 11.6 Å². The monoisotopic (exact) mass is 495 g/mol. The Labute approximate surface area is 207 Å². The largest absolute Gasteiger partial charge is 0.373 e. The van der Waals surface area contributed by atoms with Gasteiger partial charge in [-0.05, 0) is 55.2 Å². The molecule has 9 nitrogen and oxygen atoms in total. The second kappa shape index (κ2) is 10.2. The molecule has 0 radical (unpaired) electrons. The van der Waals surface area contributed by atoms with Gasteiger partial charge in [-0.3, -0.25) is 19.3 Å². The summed E-state index contributed by atoms with van der Waals surface area (Å²) in [5.41, 5.74) is 3.51. The Bertz CT molecular complexity index is 1210. The Morgan fingerprint density at radius 1 is 1.17 bits per heavy atom. The number of urea groups is 1. The van der Waals surface area contributed by atoms with Crippen LogP contribution < -0.4 is 21.3 Å². The molecule has 4 rings (SSSR count). The smallest absolute Gasteiger partial charge is 0.319 e. The molecule has 2 aromatic carbocycles. The zero-order valence-corrected chi connectivity index (χ0v) is 19.9. The highest BCUT2D eigenvalue weighted by Crippen LogP contribution is 2.25. The number of allylic oxidation sites excluding steroid dienone is 1. The Kier molecular flexibility index (Phi) is 7.07. The van der Waals surface area contributed by atoms with Crippen molar-refractivity contribution in [3.63, 3.8) is 0 Å². The van der Waals surface area contributed by atoms with Gasteiger partial charge in [0.2, 0.25) is 11.8 Å². The van der Waals surface area contributed by atoms with E-state index >= 15 is 0 Å². The summed E-state index contributed by atoms with van der Waals surface area (Å²) < 4.78 is 0. The molecule has 2 aliphatic rings. The van der Waals surface area contributed by atoms with Crippen molar-refractivity contribution in [1.82, 2.24) is 15.5 Å². The molecule has 182 valence electrons. The molecular formula is C25H26ClN5O4. The second-order valence-electron chi connectivity index (χ2n) is 8.62. The zero-order chi connectivity index (χ0) is 25.1. The number of carbonyl (C=O) groups excluding carboxylic acids is 4. The first-order valence-electron chi connectivity index (χ1n) is 11.2. The van der Waals surface area contributed by atoms with Gasteiger partial charge in [-0.2, -0.15) is 0 Å². The highest BCUT2D eigenvalue weighted by Gasteiger charge is 2.45. The number of nitrogens with one attached hydrogen (secondary N) is 4. The van der Waals surface area contributed by atoms with Crippen molar-refractivity contribution in [3.8, 4) is 0 Å². The first-order chi connectivity index (χ1) is 16.7. The molecule has 2 heterocycles. The van der Waals surface area contributed by atoms with Gasteiger partial charge in [0, 0.05) is 28.6 Å². The van der Waals surface area contributed by atoms with Crippen molar-refractivity contribution in [2.45, 2.75) is 44.8 Å². The summed E-state index contributed by atoms with van der Waals surface area (Å²) in [4.78, 5) is 51.1. The number of likely N-dealkylation sites (tertiary alicyclic amines) is 1. The number of imide groups is 1. The number of aryl methyl sites for hydroxylation is 1. The number of halogens is 1. The lowest BCUT2D eigenvalue weighted by Crippen LogP contribution is -2.52. The lowest BCUT2D eigenvalue weighted by atomic mass is 10.0. The van der Waals surface area contributed by atoms with Crippen molar-refractivity contribution in [2.75, 3.05) is 10.6 Å². The van der Waals surface area contributed by atoms with Crippen LogP contribution in [0.25, 0.3) is 0 Å². The van der Waals surface area contributed by atoms with Gasteiger partial charge >= 0.3 is 6.03 Å². The molecule has 35 heavy (non-hydrogen) atoms. The zero-order valence-electron chi connectivity index (χ0n) is 19.2. The third-order valence-corrected chi connectivity index (χ3v) is 6.37. The van der Waals surface area contributed by atoms with Gasteiger partial charge in [0.15, 0.2) is 0 Å². The van der Waals surface area contributed by atoms with Crippen LogP contribution in [0.4, 0.5) is 16.2 Å². The average molecular weight is 496 g/mol. The number of benzene rings is 2. The van der Waals surface area contributed by atoms with E-state index in [1.54, 1.807) is 30.3 Å². The van der Waals surface area contributed by atoms with E-state index < -0.39 is 18.0 Å². The Balaban J connectivity index is 1.34. The summed E-state index contributed by atoms with van der Waals surface area (Å²) in [6, 6.07) is 10.5. The van der Waals surface area contributed by atoms with Gasteiger partial charge in [0.25, 0.3) is 5.91 Å². The third-order valence-electron chi connectivity index (χ3n) is 5.97. The maximum atomic E-state index is 12.9. The first kappa shape index (κ1) is 24.3. The van der Waals surface area contributed by atoms with Crippen LogP contribution in [0.3, 0.4) is 0 Å². The number of rotatable bonds is 6. The number of hydrogen-bond acceptors (Lipinski definition) is 5. The summed E-state index contributed by atoms with van der Waals surface area (Å²) in [7, 11) is 0. The van der Waals surface area contributed by atoms with E-state index in [1.165, 1.54) is 0 Å². The molecule has 2 saturated heterocycles. The van der Waals surface area contributed by atoms with E-state index in [1.807, 2.05) is 19.1 Å². The Morgan fingerprint density at radius 2 is 1.97 bits per heavy atom. The lowest BCUT2D eigenvalue weighted by Gasteiger charge is -2.30. The summed E-state index contributed by atoms with van der Waals surface area (Å²) in [5.74, 6) is -1.20. The molecule has 10 heteroatoms. The standard InChI is InChI=1S/C25H26ClN5O4/c1-14-6-8-18(11-19(14)26)30-25(35)27-13-16-4-3-5-17(10-16)29-20-12-22(32)31(24(20)34)21-9-7-15(2)28-23(21)33/h3-6,8,10-11,20-21,29H,2,7,9,12-13H2,1H3,(H,28,33)(H2,27,30,35). The molecule has 4 N–H and O–H groups in total. The summed E-state index contributed by atoms with van der Waals surface area (Å²) in [6.07, 6.45) is 0.853. The highest BCUT2D eigenvalue weighted by atomic mass is 35.5. The molecule has 5 amide bonds. The van der Waals surface area contributed by atoms with E-state index in [9.17, 15) is 19.2 Å². The number of carbonyl (C=O) groups is 4. The molecule has 0 spiro atoms. The molecule has 0 saturated carbocycles. The van der Waals surface area contributed by atoms with Gasteiger partial charge in [0.1, 0.15) is 12.1 Å². The number of anilines is 2. The second-order valence-corrected chi connectivity index (χ2v) is 9.03. The number of piperidine rings is 1. The first-order valence-corrected chi connectivity index (χ1v) is 11.6. The van der Waals surface area contributed by atoms with E-state index in [0.717, 1.165) is 16.0 Å². The molecule has 0 aromatic heterocycles. The predicted molar refractivity (Wildman–Crippen MR) is 133 cm³/mol. The summed E-state index contributed by atoms with van der Waals surface area (Å²) in [6.45, 7) is 5.85. The van der Waals surface area contributed by atoms with Crippen molar-refractivity contribution >= 4 is 46.7 Å². The van der Waals surface area contributed by atoms with Crippen LogP contribution in [0.5, 0.6) is 0 Å².